The molecular formula is C10H16BrNO. The Morgan fingerprint density at radius 2 is 1.69 bits per heavy atom. The normalized spacial score (nSPS) is 9.08. The molecule has 0 saturated carbocycles. The average Bonchev–Trinajstić information content (AvgIpc) is 2.15. The third-order valence-corrected chi connectivity index (χ3v) is 2.67. The quantitative estimate of drug-likeness (QED) is 0.689. The van der Waals surface area contributed by atoms with Gasteiger partial charge in [0.1, 0.15) is 0 Å². The molecule has 0 N–H and O–H groups in total. The Kier molecular flexibility index (Phi) is 4.99. The molecule has 3 heteroatoms. The second-order valence-corrected chi connectivity index (χ2v) is 3.50. The topological polar surface area (TPSA) is 22.0 Å². The fraction of sp³-hybridized carbons (Fsp3) is 0.500. The van der Waals surface area contributed by atoms with Gasteiger partial charge >= 0.3 is 0 Å². The highest BCUT2D eigenvalue weighted by Gasteiger charge is 2.03. The molecule has 0 unspecified atom stereocenters. The van der Waals surface area contributed by atoms with E-state index in [1.54, 1.807) is 17.8 Å². The molecular weight excluding hydrogens is 230 g/mol. The van der Waals surface area contributed by atoms with Gasteiger partial charge in [0.05, 0.1) is 0 Å². The summed E-state index contributed by atoms with van der Waals surface area (Å²) in [6.07, 6.45) is 1.78. The number of rotatable bonds is 0. The summed E-state index contributed by atoms with van der Waals surface area (Å²) in [7, 11) is 1.75. The van der Waals surface area contributed by atoms with E-state index in [0.29, 0.717) is 0 Å². The lowest BCUT2D eigenvalue weighted by Gasteiger charge is -2.04. The summed E-state index contributed by atoms with van der Waals surface area (Å²) in [6.45, 7) is 7.77. The molecule has 1 aromatic heterocycles. The van der Waals surface area contributed by atoms with Crippen molar-refractivity contribution in [1.82, 2.24) is 4.57 Å². The first-order valence-corrected chi connectivity index (χ1v) is 5.15. The number of aromatic nitrogens is 1. The highest BCUT2D eigenvalue weighted by Crippen LogP contribution is 2.14. The second kappa shape index (κ2) is 5.22. The van der Waals surface area contributed by atoms with Crippen LogP contribution < -0.4 is 5.56 Å². The van der Waals surface area contributed by atoms with Crippen molar-refractivity contribution < 1.29 is 0 Å². The van der Waals surface area contributed by atoms with Gasteiger partial charge in [-0.2, -0.15) is 0 Å². The Bertz CT molecular complexity index is 342. The Morgan fingerprint density at radius 1 is 1.23 bits per heavy atom. The molecule has 0 aliphatic carbocycles. The molecule has 0 atom stereocenters. The zero-order valence-corrected chi connectivity index (χ0v) is 10.4. The summed E-state index contributed by atoms with van der Waals surface area (Å²) < 4.78 is 2.56. The van der Waals surface area contributed by atoms with Gasteiger partial charge in [-0.1, -0.05) is 13.8 Å². The molecule has 0 amide bonds. The van der Waals surface area contributed by atoms with Crippen LogP contribution in [0.5, 0.6) is 0 Å². The van der Waals surface area contributed by atoms with Crippen molar-refractivity contribution >= 4 is 15.9 Å². The average molecular weight is 246 g/mol. The first kappa shape index (κ1) is 12.4. The van der Waals surface area contributed by atoms with E-state index in [9.17, 15) is 4.79 Å². The van der Waals surface area contributed by atoms with Crippen LogP contribution in [0.1, 0.15) is 25.0 Å². The van der Waals surface area contributed by atoms with E-state index in [2.05, 4.69) is 15.9 Å². The minimum Gasteiger partial charge on any atom is -0.317 e. The van der Waals surface area contributed by atoms with Gasteiger partial charge in [0.2, 0.25) is 0 Å². The van der Waals surface area contributed by atoms with E-state index >= 15 is 0 Å². The molecule has 0 aromatic carbocycles. The van der Waals surface area contributed by atoms with E-state index in [1.165, 1.54) is 0 Å². The van der Waals surface area contributed by atoms with Crippen LogP contribution in [-0.4, -0.2) is 4.57 Å². The maximum Gasteiger partial charge on any atom is 0.253 e. The number of pyridine rings is 1. The highest BCUT2D eigenvalue weighted by molar-refractivity contribution is 9.10. The third kappa shape index (κ3) is 2.69. The molecule has 0 fully saturated rings. The lowest BCUT2D eigenvalue weighted by Crippen LogP contribution is -2.19. The van der Waals surface area contributed by atoms with Crippen LogP contribution in [0.3, 0.4) is 0 Å². The predicted octanol–water partition coefficient (Wildman–Crippen LogP) is 2.79. The summed E-state index contributed by atoms with van der Waals surface area (Å²) in [5.74, 6) is 0. The van der Waals surface area contributed by atoms with Crippen LogP contribution in [0.25, 0.3) is 0 Å². The number of hydrogen-bond donors (Lipinski definition) is 0. The molecule has 0 bridgehead atoms. The van der Waals surface area contributed by atoms with Crippen LogP contribution in [0, 0.1) is 13.8 Å². The Morgan fingerprint density at radius 3 is 2.15 bits per heavy atom. The first-order valence-electron chi connectivity index (χ1n) is 4.36. The van der Waals surface area contributed by atoms with E-state index in [1.807, 2.05) is 27.7 Å². The van der Waals surface area contributed by atoms with Crippen molar-refractivity contribution in [2.75, 3.05) is 0 Å². The van der Waals surface area contributed by atoms with Gasteiger partial charge in [0.15, 0.2) is 0 Å². The molecule has 13 heavy (non-hydrogen) atoms. The maximum absolute atomic E-state index is 11.3. The number of aryl methyl sites for hydroxylation is 1. The molecule has 1 rings (SSSR count). The smallest absolute Gasteiger partial charge is 0.253 e. The van der Waals surface area contributed by atoms with Gasteiger partial charge in [0.25, 0.3) is 5.56 Å². The molecule has 74 valence electrons. The molecule has 2 nitrogen and oxygen atoms in total. The summed E-state index contributed by atoms with van der Waals surface area (Å²) >= 11 is 3.37. The largest absolute Gasteiger partial charge is 0.317 e. The summed E-state index contributed by atoms with van der Waals surface area (Å²) in [4.78, 5) is 11.3. The van der Waals surface area contributed by atoms with E-state index < -0.39 is 0 Å². The van der Waals surface area contributed by atoms with Crippen molar-refractivity contribution in [1.29, 1.82) is 0 Å². The monoisotopic (exact) mass is 245 g/mol. The SMILES string of the molecule is CC.Cc1c(Br)cn(C)c(=O)c1C. The van der Waals surface area contributed by atoms with Crippen LogP contribution in [-0.2, 0) is 7.05 Å². The van der Waals surface area contributed by atoms with Gasteiger partial charge < -0.3 is 4.57 Å². The number of hydrogen-bond acceptors (Lipinski definition) is 1. The molecule has 0 saturated heterocycles. The van der Waals surface area contributed by atoms with Crippen molar-refractivity contribution in [3.05, 3.63) is 32.2 Å². The van der Waals surface area contributed by atoms with Crippen molar-refractivity contribution in [2.45, 2.75) is 27.7 Å². The third-order valence-electron chi connectivity index (χ3n) is 1.87. The van der Waals surface area contributed by atoms with Gasteiger partial charge in [-0.05, 0) is 35.3 Å². The predicted molar refractivity (Wildman–Crippen MR) is 60.2 cm³/mol. The summed E-state index contributed by atoms with van der Waals surface area (Å²) in [5, 5.41) is 0. The van der Waals surface area contributed by atoms with E-state index in [0.717, 1.165) is 15.6 Å². The standard InChI is InChI=1S/C8H10BrNO.C2H6/c1-5-6(2)8(11)10(3)4-7(5)9;1-2/h4H,1-3H3;1-2H3. The van der Waals surface area contributed by atoms with Crippen LogP contribution >= 0.6 is 15.9 Å². The minimum absolute atomic E-state index is 0.0747. The minimum atomic E-state index is 0.0747. The van der Waals surface area contributed by atoms with Crippen LogP contribution in [0.15, 0.2) is 15.5 Å². The fourth-order valence-electron chi connectivity index (χ4n) is 0.930. The maximum atomic E-state index is 11.3. The molecule has 0 aliphatic heterocycles. The van der Waals surface area contributed by atoms with Gasteiger partial charge in [-0.15, -0.1) is 0 Å². The molecule has 1 heterocycles. The Hall–Kier alpha value is -0.570. The summed E-state index contributed by atoms with van der Waals surface area (Å²) in [5.41, 5.74) is 1.90. The van der Waals surface area contributed by atoms with Crippen molar-refractivity contribution in [3.8, 4) is 0 Å². The zero-order valence-electron chi connectivity index (χ0n) is 8.81. The highest BCUT2D eigenvalue weighted by atomic mass is 79.9. The lowest BCUT2D eigenvalue weighted by atomic mass is 10.2. The summed E-state index contributed by atoms with van der Waals surface area (Å²) in [6, 6.07) is 0. The molecule has 0 aliphatic rings. The first-order chi connectivity index (χ1) is 6.04. The van der Waals surface area contributed by atoms with Crippen molar-refractivity contribution in [2.24, 2.45) is 7.05 Å². The Labute approximate surface area is 87.7 Å². The van der Waals surface area contributed by atoms with Gasteiger partial charge in [-0.25, -0.2) is 0 Å². The van der Waals surface area contributed by atoms with Crippen LogP contribution in [0.4, 0.5) is 0 Å². The van der Waals surface area contributed by atoms with Gasteiger partial charge in [-0.3, -0.25) is 4.79 Å². The van der Waals surface area contributed by atoms with Crippen molar-refractivity contribution in [3.63, 3.8) is 0 Å². The lowest BCUT2D eigenvalue weighted by molar-refractivity contribution is 0.837. The van der Waals surface area contributed by atoms with Crippen LogP contribution in [0.2, 0.25) is 0 Å². The number of nitrogens with zero attached hydrogens (tertiary/aromatic N) is 1. The zero-order chi connectivity index (χ0) is 10.6. The molecule has 1 aromatic rings. The van der Waals surface area contributed by atoms with E-state index in [4.69, 9.17) is 0 Å². The second-order valence-electron chi connectivity index (χ2n) is 2.64. The number of halogens is 1. The fourth-order valence-corrected chi connectivity index (χ4v) is 1.53. The molecule has 0 radical (unpaired) electrons. The molecule has 0 spiro atoms. The van der Waals surface area contributed by atoms with Gasteiger partial charge in [0, 0.05) is 23.3 Å². The van der Waals surface area contributed by atoms with E-state index in [-0.39, 0.29) is 5.56 Å². The Balaban J connectivity index is 0.000000671.